The average Bonchev–Trinajstić information content (AvgIpc) is 2.96. The fourth-order valence-corrected chi connectivity index (χ4v) is 4.94. The van der Waals surface area contributed by atoms with Crippen LogP contribution in [0.4, 0.5) is 0 Å². The number of halogens is 1. The third-order valence-corrected chi connectivity index (χ3v) is 6.64. The zero-order valence-electron chi connectivity index (χ0n) is 11.6. The van der Waals surface area contributed by atoms with Crippen molar-refractivity contribution in [3.63, 3.8) is 0 Å². The number of carbonyl (C=O) groups excluding carboxylic acids is 1. The highest BCUT2D eigenvalue weighted by atomic mass is 35.5. The van der Waals surface area contributed by atoms with E-state index >= 15 is 0 Å². The first-order valence-corrected chi connectivity index (χ1v) is 8.69. The van der Waals surface area contributed by atoms with Crippen molar-refractivity contribution in [1.29, 1.82) is 0 Å². The highest BCUT2D eigenvalue weighted by Gasteiger charge is 2.52. The Hall–Kier alpha value is -1.33. The van der Waals surface area contributed by atoms with Crippen molar-refractivity contribution in [3.8, 4) is 0 Å². The number of carbonyl (C=O) groups is 1. The number of hydrogen-bond acceptors (Lipinski definition) is 3. The second-order valence-corrected chi connectivity index (χ2v) is 7.85. The molecule has 2 rings (SSSR count). The second-order valence-electron chi connectivity index (χ2n) is 5.16. The molecule has 1 saturated carbocycles. The molecule has 0 atom stereocenters. The van der Waals surface area contributed by atoms with Gasteiger partial charge in [0.05, 0.1) is 4.90 Å². The van der Waals surface area contributed by atoms with Crippen LogP contribution in [0.1, 0.15) is 25.7 Å². The maximum Gasteiger partial charge on any atom is 0.242 e. The molecule has 0 unspecified atom stereocenters. The van der Waals surface area contributed by atoms with Gasteiger partial charge in [-0.3, -0.25) is 4.79 Å². The molecule has 0 spiro atoms. The Balaban J connectivity index is 2.43. The molecule has 0 saturated heterocycles. The van der Waals surface area contributed by atoms with Gasteiger partial charge in [0.1, 0.15) is 0 Å². The quantitative estimate of drug-likeness (QED) is 0.846. The molecule has 0 aromatic heterocycles. The first-order valence-electron chi connectivity index (χ1n) is 6.83. The van der Waals surface area contributed by atoms with Gasteiger partial charge in [0.25, 0.3) is 0 Å². The Labute approximate surface area is 130 Å². The van der Waals surface area contributed by atoms with E-state index in [1.165, 1.54) is 30.3 Å². The minimum Gasteiger partial charge on any atom is -0.351 e. The maximum atomic E-state index is 12.9. The predicted octanol–water partition coefficient (Wildman–Crippen LogP) is 2.73. The van der Waals surface area contributed by atoms with Crippen LogP contribution < -0.4 is 5.32 Å². The average molecular weight is 328 g/mol. The molecule has 1 aromatic carbocycles. The molecule has 6 heteroatoms. The number of hydrogen-bond donors (Lipinski definition) is 1. The molecular weight excluding hydrogens is 310 g/mol. The molecule has 4 nitrogen and oxygen atoms in total. The first kappa shape index (κ1) is 16.0. The number of rotatable bonds is 5. The van der Waals surface area contributed by atoms with E-state index in [2.05, 4.69) is 11.9 Å². The van der Waals surface area contributed by atoms with Crippen LogP contribution in [0.5, 0.6) is 0 Å². The van der Waals surface area contributed by atoms with Crippen molar-refractivity contribution in [1.82, 2.24) is 5.32 Å². The maximum absolute atomic E-state index is 12.9. The number of nitrogens with one attached hydrogen (secondary N) is 1. The van der Waals surface area contributed by atoms with Gasteiger partial charge in [0.2, 0.25) is 5.91 Å². The molecule has 21 heavy (non-hydrogen) atoms. The molecule has 0 aliphatic heterocycles. The van der Waals surface area contributed by atoms with Gasteiger partial charge in [-0.15, -0.1) is 6.58 Å². The normalized spacial score (nSPS) is 17.4. The van der Waals surface area contributed by atoms with Crippen molar-refractivity contribution in [3.05, 3.63) is 41.9 Å². The van der Waals surface area contributed by atoms with Crippen molar-refractivity contribution < 1.29 is 13.2 Å². The van der Waals surface area contributed by atoms with E-state index < -0.39 is 20.5 Å². The lowest BCUT2D eigenvalue weighted by Gasteiger charge is -2.27. The monoisotopic (exact) mass is 327 g/mol. The summed E-state index contributed by atoms with van der Waals surface area (Å²) in [7, 11) is -3.75. The predicted molar refractivity (Wildman–Crippen MR) is 83.0 cm³/mol. The van der Waals surface area contributed by atoms with Crippen LogP contribution in [-0.4, -0.2) is 25.6 Å². The Bertz CT molecular complexity index is 631. The zero-order valence-corrected chi connectivity index (χ0v) is 13.2. The summed E-state index contributed by atoms with van der Waals surface area (Å²) < 4.78 is 24.5. The third kappa shape index (κ3) is 2.85. The fourth-order valence-electron chi connectivity index (χ4n) is 2.73. The summed E-state index contributed by atoms with van der Waals surface area (Å²) in [6, 6.07) is 5.97. The van der Waals surface area contributed by atoms with Gasteiger partial charge in [-0.2, -0.15) is 0 Å². The first-order chi connectivity index (χ1) is 9.94. The van der Waals surface area contributed by atoms with Crippen LogP contribution in [0.15, 0.2) is 41.8 Å². The molecule has 0 heterocycles. The van der Waals surface area contributed by atoms with Crippen LogP contribution >= 0.6 is 11.6 Å². The molecule has 0 radical (unpaired) electrons. The molecular formula is C15H18ClNO3S. The molecule has 0 bridgehead atoms. The Kier molecular flexibility index (Phi) is 4.74. The van der Waals surface area contributed by atoms with Crippen molar-refractivity contribution >= 4 is 27.3 Å². The van der Waals surface area contributed by atoms with Gasteiger partial charge < -0.3 is 5.32 Å². The fraction of sp³-hybridized carbons (Fsp3) is 0.400. The minimum absolute atomic E-state index is 0.141. The van der Waals surface area contributed by atoms with Gasteiger partial charge >= 0.3 is 0 Å². The highest BCUT2D eigenvalue weighted by molar-refractivity contribution is 7.93. The molecule has 1 aliphatic carbocycles. The van der Waals surface area contributed by atoms with E-state index in [1.54, 1.807) is 0 Å². The van der Waals surface area contributed by atoms with E-state index in [1.807, 2.05) is 0 Å². The lowest BCUT2D eigenvalue weighted by molar-refractivity contribution is -0.123. The Morgan fingerprint density at radius 1 is 1.29 bits per heavy atom. The van der Waals surface area contributed by atoms with E-state index in [0.717, 1.165) is 12.8 Å². The van der Waals surface area contributed by atoms with Crippen LogP contribution in [0.2, 0.25) is 5.02 Å². The van der Waals surface area contributed by atoms with Crippen molar-refractivity contribution in [2.75, 3.05) is 6.54 Å². The summed E-state index contributed by atoms with van der Waals surface area (Å²) in [4.78, 5) is 12.6. The SMILES string of the molecule is C=CCNC(=O)C1(S(=O)(=O)c2ccc(Cl)cc2)CCCC1. The lowest BCUT2D eigenvalue weighted by Crippen LogP contribution is -2.50. The largest absolute Gasteiger partial charge is 0.351 e. The lowest BCUT2D eigenvalue weighted by atomic mass is 10.1. The number of sulfone groups is 1. The topological polar surface area (TPSA) is 63.2 Å². The number of amides is 1. The Morgan fingerprint density at radius 2 is 1.86 bits per heavy atom. The van der Waals surface area contributed by atoms with Gasteiger partial charge in [-0.1, -0.05) is 30.5 Å². The highest BCUT2D eigenvalue weighted by Crippen LogP contribution is 2.40. The van der Waals surface area contributed by atoms with E-state index in [9.17, 15) is 13.2 Å². The van der Waals surface area contributed by atoms with E-state index in [0.29, 0.717) is 17.9 Å². The van der Waals surface area contributed by atoms with Crippen LogP contribution in [0, 0.1) is 0 Å². The summed E-state index contributed by atoms with van der Waals surface area (Å²) in [5, 5.41) is 3.10. The minimum atomic E-state index is -3.75. The molecule has 1 fully saturated rings. The van der Waals surface area contributed by atoms with Crippen molar-refractivity contribution in [2.24, 2.45) is 0 Å². The smallest absolute Gasteiger partial charge is 0.242 e. The van der Waals surface area contributed by atoms with Crippen LogP contribution in [-0.2, 0) is 14.6 Å². The number of benzene rings is 1. The van der Waals surface area contributed by atoms with Gasteiger partial charge in [-0.25, -0.2) is 8.42 Å². The standard InChI is InChI=1S/C15H18ClNO3S/c1-2-11-17-14(18)15(9-3-4-10-15)21(19,20)13-7-5-12(16)6-8-13/h2,5-8H,1,3-4,9-11H2,(H,17,18). The van der Waals surface area contributed by atoms with Crippen molar-refractivity contribution in [2.45, 2.75) is 35.3 Å². The van der Waals surface area contributed by atoms with Gasteiger partial charge in [0.15, 0.2) is 14.6 Å². The van der Waals surface area contributed by atoms with Crippen LogP contribution in [0.25, 0.3) is 0 Å². The summed E-state index contributed by atoms with van der Waals surface area (Å²) in [5.74, 6) is -0.435. The second kappa shape index (κ2) is 6.20. The van der Waals surface area contributed by atoms with Crippen LogP contribution in [0.3, 0.4) is 0 Å². The molecule has 1 aromatic rings. The summed E-state index contributed by atoms with van der Waals surface area (Å²) in [6.07, 6.45) is 3.69. The van der Waals surface area contributed by atoms with E-state index in [4.69, 9.17) is 11.6 Å². The summed E-state index contributed by atoms with van der Waals surface area (Å²) >= 11 is 5.80. The molecule has 1 N–H and O–H groups in total. The molecule has 1 amide bonds. The zero-order chi connectivity index (χ0) is 15.5. The molecule has 1 aliphatic rings. The third-order valence-electron chi connectivity index (χ3n) is 3.87. The Morgan fingerprint density at radius 3 is 2.38 bits per heavy atom. The van der Waals surface area contributed by atoms with Gasteiger partial charge in [-0.05, 0) is 37.1 Å². The van der Waals surface area contributed by atoms with Gasteiger partial charge in [0, 0.05) is 11.6 Å². The summed E-state index contributed by atoms with van der Waals surface area (Å²) in [5.41, 5.74) is 0. The van der Waals surface area contributed by atoms with E-state index in [-0.39, 0.29) is 11.4 Å². The summed E-state index contributed by atoms with van der Waals surface area (Å²) in [6.45, 7) is 3.79. The molecule has 114 valence electrons.